The predicted molar refractivity (Wildman–Crippen MR) is 154 cm³/mol. The van der Waals surface area contributed by atoms with Gasteiger partial charge in [0, 0.05) is 65.9 Å². The number of nitrogens with zero attached hydrogens (tertiary/aromatic N) is 1. The van der Waals surface area contributed by atoms with Gasteiger partial charge in [0.1, 0.15) is 11.6 Å². The number of aryl methyl sites for hydroxylation is 1. The Morgan fingerprint density at radius 2 is 1.73 bits per heavy atom. The van der Waals surface area contributed by atoms with E-state index in [4.69, 9.17) is 0 Å². The summed E-state index contributed by atoms with van der Waals surface area (Å²) in [6.45, 7) is 5.64. The van der Waals surface area contributed by atoms with E-state index in [0.29, 0.717) is 23.6 Å². The highest BCUT2D eigenvalue weighted by Gasteiger charge is 2.37. The molecule has 1 fully saturated rings. The Morgan fingerprint density at radius 1 is 1.07 bits per heavy atom. The van der Waals surface area contributed by atoms with Crippen LogP contribution in [0.1, 0.15) is 66.7 Å². The highest BCUT2D eigenvalue weighted by molar-refractivity contribution is 7.84. The van der Waals surface area contributed by atoms with Gasteiger partial charge < -0.3 is 9.12 Å². The summed E-state index contributed by atoms with van der Waals surface area (Å²) in [6, 6.07) is 8.96. The zero-order chi connectivity index (χ0) is 30.1. The van der Waals surface area contributed by atoms with Crippen molar-refractivity contribution >= 4 is 28.0 Å². The van der Waals surface area contributed by atoms with Crippen LogP contribution in [-0.4, -0.2) is 34.6 Å². The lowest BCUT2D eigenvalue weighted by Crippen LogP contribution is -2.37. The third-order valence-electron chi connectivity index (χ3n) is 6.92. The fourth-order valence-corrected chi connectivity index (χ4v) is 5.62. The Morgan fingerprint density at radius 3 is 2.32 bits per heavy atom. The summed E-state index contributed by atoms with van der Waals surface area (Å²) in [5, 5.41) is 0. The summed E-state index contributed by atoms with van der Waals surface area (Å²) >= 11 is -2.38. The molecule has 2 N–H and O–H groups in total. The summed E-state index contributed by atoms with van der Waals surface area (Å²) < 4.78 is 70.8. The zero-order valence-electron chi connectivity index (χ0n) is 23.2. The quantitative estimate of drug-likeness (QED) is 0.253. The van der Waals surface area contributed by atoms with Gasteiger partial charge in [-0.05, 0) is 63.1 Å². The first kappa shape index (κ1) is 31.0. The van der Waals surface area contributed by atoms with Crippen LogP contribution in [0, 0.1) is 17.6 Å². The summed E-state index contributed by atoms with van der Waals surface area (Å²) in [7, 11) is 0.0368. The molecule has 1 heterocycles. The van der Waals surface area contributed by atoms with E-state index >= 15 is 8.78 Å². The van der Waals surface area contributed by atoms with Crippen LogP contribution >= 0.6 is 0 Å². The van der Waals surface area contributed by atoms with E-state index in [2.05, 4.69) is 9.44 Å². The Bertz CT molecular complexity index is 1560. The molecule has 0 saturated heterocycles. The molecule has 0 aliphatic heterocycles. The number of benzene rings is 2. The molecule has 0 amide bonds. The molecule has 2 aromatic carbocycles. The average molecular weight is 605 g/mol. The molecule has 1 aliphatic carbocycles. The number of halogens is 2. The molecular weight excluding hydrogens is 572 g/mol. The normalized spacial score (nSPS) is 15.9. The van der Waals surface area contributed by atoms with Crippen LogP contribution in [0.5, 0.6) is 0 Å². The summed E-state index contributed by atoms with van der Waals surface area (Å²) in [5.74, 6) is -2.51. The molecule has 220 valence electrons. The van der Waals surface area contributed by atoms with Gasteiger partial charge >= 0.3 is 0 Å². The number of rotatable bonds is 11. The fraction of sp³-hybridized carbons (Fsp3) is 0.379. The fourth-order valence-electron chi connectivity index (χ4n) is 4.45. The van der Waals surface area contributed by atoms with Gasteiger partial charge in [0.25, 0.3) is 5.56 Å². The van der Waals surface area contributed by atoms with Crippen molar-refractivity contribution in [3.8, 4) is 11.1 Å². The standard InChI is InChI=1S/C29H33F2N3O5S2/c1-29(2,3)40(37)33-27(18-9-10-18)21-14-26(35)34(4)16-23(21)20-13-22(25(31)15-24(20)30)28(36)19-7-5-17(6-8-19)11-12-32-41(38)39/h5-8,13-16,18,27,32-33H,9-12H2,1-4H3,(H,38,39)/p-1/t27-,40?/m0/s1. The molecule has 8 nitrogen and oxygen atoms in total. The van der Waals surface area contributed by atoms with Crippen LogP contribution in [-0.2, 0) is 35.7 Å². The molecule has 0 bridgehead atoms. The molecule has 41 heavy (non-hydrogen) atoms. The van der Waals surface area contributed by atoms with E-state index in [-0.39, 0.29) is 34.7 Å². The number of aromatic nitrogens is 1. The van der Waals surface area contributed by atoms with Crippen molar-refractivity contribution in [1.29, 1.82) is 0 Å². The van der Waals surface area contributed by atoms with Gasteiger partial charge in [-0.25, -0.2) is 22.4 Å². The largest absolute Gasteiger partial charge is 0.760 e. The molecule has 2 unspecified atom stereocenters. The molecule has 3 atom stereocenters. The van der Waals surface area contributed by atoms with Crippen LogP contribution in [0.25, 0.3) is 11.1 Å². The summed E-state index contributed by atoms with van der Waals surface area (Å²) in [4.78, 5) is 26.0. The van der Waals surface area contributed by atoms with Crippen LogP contribution in [0.4, 0.5) is 8.78 Å². The van der Waals surface area contributed by atoms with Gasteiger partial charge in [-0.3, -0.25) is 13.8 Å². The van der Waals surface area contributed by atoms with Crippen molar-refractivity contribution in [1.82, 2.24) is 14.0 Å². The van der Waals surface area contributed by atoms with Gasteiger partial charge in [0.2, 0.25) is 0 Å². The van der Waals surface area contributed by atoms with E-state index in [1.807, 2.05) is 20.8 Å². The van der Waals surface area contributed by atoms with Gasteiger partial charge in [-0.2, -0.15) is 0 Å². The Hall–Kier alpha value is -2.90. The minimum absolute atomic E-state index is 0.0531. The van der Waals surface area contributed by atoms with Gasteiger partial charge in [0.15, 0.2) is 5.78 Å². The SMILES string of the molecule is Cn1cc(-c2cc(C(=O)c3ccc(CCNS(=O)[O-])cc3)c(F)cc2F)c([C@@H](NS(=O)C(C)(C)C)C2CC2)cc1=O. The van der Waals surface area contributed by atoms with Crippen molar-refractivity contribution in [2.24, 2.45) is 13.0 Å². The van der Waals surface area contributed by atoms with Gasteiger partial charge in [-0.1, -0.05) is 24.3 Å². The minimum atomic E-state index is -2.38. The van der Waals surface area contributed by atoms with E-state index in [1.165, 1.54) is 36.0 Å². The van der Waals surface area contributed by atoms with Crippen LogP contribution in [0.15, 0.2) is 53.5 Å². The molecule has 12 heteroatoms. The van der Waals surface area contributed by atoms with Crippen LogP contribution in [0.3, 0.4) is 0 Å². The lowest BCUT2D eigenvalue weighted by molar-refractivity contribution is 0.103. The first-order valence-corrected chi connectivity index (χ1v) is 15.3. The molecule has 1 aromatic heterocycles. The van der Waals surface area contributed by atoms with Crippen molar-refractivity contribution in [2.45, 2.75) is 50.8 Å². The van der Waals surface area contributed by atoms with Gasteiger partial charge in [0.05, 0.1) is 21.3 Å². The first-order valence-electron chi connectivity index (χ1n) is 13.1. The number of ketones is 1. The summed E-state index contributed by atoms with van der Waals surface area (Å²) in [5.41, 5.74) is 0.939. The number of carbonyl (C=O) groups excluding carboxylic acids is 1. The van der Waals surface area contributed by atoms with E-state index in [0.717, 1.165) is 24.5 Å². The number of carbonyl (C=O) groups is 1. The van der Waals surface area contributed by atoms with E-state index in [1.54, 1.807) is 12.1 Å². The Balaban J connectivity index is 1.74. The van der Waals surface area contributed by atoms with Crippen molar-refractivity contribution in [2.75, 3.05) is 6.54 Å². The predicted octanol–water partition coefficient (Wildman–Crippen LogP) is 3.99. The monoisotopic (exact) mass is 604 g/mol. The van der Waals surface area contributed by atoms with Crippen molar-refractivity contribution < 1.29 is 26.5 Å². The average Bonchev–Trinajstić information content (AvgIpc) is 3.73. The van der Waals surface area contributed by atoms with Crippen molar-refractivity contribution in [3.63, 3.8) is 0 Å². The number of nitrogens with one attached hydrogen (secondary N) is 2. The molecule has 3 aromatic rings. The highest BCUT2D eigenvalue weighted by atomic mass is 32.2. The van der Waals surface area contributed by atoms with Crippen LogP contribution < -0.4 is 15.0 Å². The maximum atomic E-state index is 15.4. The second-order valence-electron chi connectivity index (χ2n) is 11.1. The summed E-state index contributed by atoms with van der Waals surface area (Å²) in [6.07, 6.45) is 3.52. The number of pyridine rings is 1. The second kappa shape index (κ2) is 12.5. The maximum Gasteiger partial charge on any atom is 0.250 e. The third kappa shape index (κ3) is 7.49. The second-order valence-corrected chi connectivity index (χ2v) is 13.9. The molecule has 0 spiro atoms. The van der Waals surface area contributed by atoms with Crippen molar-refractivity contribution in [3.05, 3.63) is 92.9 Å². The first-order chi connectivity index (χ1) is 19.3. The molecular formula is C29H32F2N3O5S2-. The van der Waals surface area contributed by atoms with E-state index in [9.17, 15) is 22.6 Å². The van der Waals surface area contributed by atoms with E-state index < -0.39 is 50.5 Å². The topological polar surface area (TPSA) is 120 Å². The maximum absolute atomic E-state index is 15.4. The molecule has 4 rings (SSSR count). The lowest BCUT2D eigenvalue weighted by Gasteiger charge is -2.26. The highest BCUT2D eigenvalue weighted by Crippen LogP contribution is 2.44. The molecule has 0 radical (unpaired) electrons. The molecule has 1 saturated carbocycles. The Labute approximate surface area is 242 Å². The Kier molecular flexibility index (Phi) is 9.49. The zero-order valence-corrected chi connectivity index (χ0v) is 24.8. The lowest BCUT2D eigenvalue weighted by atomic mass is 9.91. The van der Waals surface area contributed by atoms with Crippen LogP contribution in [0.2, 0.25) is 0 Å². The number of hydrogen-bond donors (Lipinski definition) is 2. The van der Waals surface area contributed by atoms with Gasteiger partial charge in [-0.15, -0.1) is 0 Å². The number of hydrogen-bond acceptors (Lipinski definition) is 5. The smallest absolute Gasteiger partial charge is 0.250 e. The minimum Gasteiger partial charge on any atom is -0.760 e. The molecule has 1 aliphatic rings. The third-order valence-corrected chi connectivity index (χ3v) is 8.94.